The van der Waals surface area contributed by atoms with Crippen LogP contribution in [0.4, 0.5) is 5.69 Å². The van der Waals surface area contributed by atoms with Gasteiger partial charge in [0.15, 0.2) is 9.84 Å². The topological polar surface area (TPSA) is 79.4 Å². The summed E-state index contributed by atoms with van der Waals surface area (Å²) in [7, 11) is -2.92. The Labute approximate surface area is 151 Å². The normalized spacial score (nSPS) is 16.6. The van der Waals surface area contributed by atoms with Crippen molar-refractivity contribution in [1.29, 1.82) is 0 Å². The first kappa shape index (κ1) is 17.9. The minimum atomic E-state index is -2.92. The van der Waals surface area contributed by atoms with E-state index in [9.17, 15) is 13.2 Å². The highest BCUT2D eigenvalue weighted by atomic mass is 32.2. The molecule has 2 aromatic rings. The Balaban J connectivity index is 1.63. The molecule has 0 radical (unpaired) electrons. The molecular formula is C17H21N3O3S2. The molecule has 1 amide bonds. The Hall–Kier alpha value is -1.93. The van der Waals surface area contributed by atoms with Gasteiger partial charge in [0.25, 0.3) is 5.91 Å². The van der Waals surface area contributed by atoms with E-state index in [0.717, 1.165) is 22.8 Å². The van der Waals surface area contributed by atoms with Crippen molar-refractivity contribution in [1.82, 2.24) is 10.3 Å². The van der Waals surface area contributed by atoms with Gasteiger partial charge in [-0.3, -0.25) is 4.79 Å². The molecule has 3 rings (SSSR count). The van der Waals surface area contributed by atoms with Gasteiger partial charge in [-0.25, -0.2) is 13.4 Å². The second kappa shape index (κ2) is 7.53. The third-order valence-corrected chi connectivity index (χ3v) is 6.69. The summed E-state index contributed by atoms with van der Waals surface area (Å²) in [6.07, 6.45) is 0.887. The van der Waals surface area contributed by atoms with E-state index in [1.807, 2.05) is 28.5 Å². The number of carbonyl (C=O) groups excluding carboxylic acids is 1. The Morgan fingerprint density at radius 1 is 1.32 bits per heavy atom. The predicted octanol–water partition coefficient (Wildman–Crippen LogP) is 1.87. The molecule has 0 saturated carbocycles. The van der Waals surface area contributed by atoms with Crippen molar-refractivity contribution >= 4 is 32.8 Å². The number of anilines is 1. The van der Waals surface area contributed by atoms with Crippen LogP contribution in [0.5, 0.6) is 0 Å². The first-order chi connectivity index (χ1) is 12.0. The Bertz CT molecular complexity index is 848. The van der Waals surface area contributed by atoms with Crippen LogP contribution in [0.25, 0.3) is 0 Å². The van der Waals surface area contributed by atoms with E-state index in [2.05, 4.69) is 17.2 Å². The molecule has 0 aliphatic carbocycles. The maximum absolute atomic E-state index is 12.4. The molecule has 1 aliphatic rings. The maximum atomic E-state index is 12.4. The van der Waals surface area contributed by atoms with Crippen molar-refractivity contribution in [3.8, 4) is 0 Å². The van der Waals surface area contributed by atoms with E-state index in [4.69, 9.17) is 0 Å². The van der Waals surface area contributed by atoms with Crippen molar-refractivity contribution in [3.05, 3.63) is 45.9 Å². The number of amides is 1. The number of aromatic nitrogens is 1. The van der Waals surface area contributed by atoms with Crippen LogP contribution in [-0.2, 0) is 22.8 Å². The summed E-state index contributed by atoms with van der Waals surface area (Å²) in [4.78, 5) is 18.8. The van der Waals surface area contributed by atoms with Gasteiger partial charge in [0.1, 0.15) is 5.01 Å². The van der Waals surface area contributed by atoms with Gasteiger partial charge in [-0.05, 0) is 24.6 Å². The number of benzene rings is 1. The number of nitrogens with zero attached hydrogens (tertiary/aromatic N) is 2. The zero-order valence-electron chi connectivity index (χ0n) is 14.1. The van der Waals surface area contributed by atoms with Crippen LogP contribution < -0.4 is 10.2 Å². The van der Waals surface area contributed by atoms with Crippen LogP contribution in [-0.4, -0.2) is 43.9 Å². The molecule has 1 fully saturated rings. The van der Waals surface area contributed by atoms with Gasteiger partial charge < -0.3 is 10.2 Å². The molecule has 0 unspecified atom stereocenters. The quantitative estimate of drug-likeness (QED) is 0.858. The largest absolute Gasteiger partial charge is 0.369 e. The molecule has 6 nitrogen and oxygen atoms in total. The van der Waals surface area contributed by atoms with Gasteiger partial charge in [0.05, 0.1) is 23.7 Å². The zero-order chi connectivity index (χ0) is 17.9. The lowest BCUT2D eigenvalue weighted by Gasteiger charge is -2.29. The summed E-state index contributed by atoms with van der Waals surface area (Å²) >= 11 is 1.55. The highest BCUT2D eigenvalue weighted by molar-refractivity contribution is 7.91. The number of thiazole rings is 1. The fraction of sp³-hybridized carbons (Fsp3) is 0.412. The highest BCUT2D eigenvalue weighted by Gasteiger charge is 2.22. The number of rotatable bonds is 5. The van der Waals surface area contributed by atoms with Gasteiger partial charge in [-0.15, -0.1) is 11.3 Å². The van der Waals surface area contributed by atoms with Crippen LogP contribution in [0, 0.1) is 0 Å². The molecular weight excluding hydrogens is 358 g/mol. The molecule has 1 aliphatic heterocycles. The smallest absolute Gasteiger partial charge is 0.251 e. The average molecular weight is 380 g/mol. The van der Waals surface area contributed by atoms with Crippen LogP contribution in [0.3, 0.4) is 0 Å². The average Bonchev–Trinajstić information content (AvgIpc) is 3.08. The Kier molecular flexibility index (Phi) is 5.39. The molecule has 25 heavy (non-hydrogen) atoms. The van der Waals surface area contributed by atoms with Crippen molar-refractivity contribution in [3.63, 3.8) is 0 Å². The molecule has 2 heterocycles. The van der Waals surface area contributed by atoms with Crippen LogP contribution >= 0.6 is 11.3 Å². The lowest BCUT2D eigenvalue weighted by Crippen LogP contribution is -2.40. The molecule has 1 saturated heterocycles. The highest BCUT2D eigenvalue weighted by Crippen LogP contribution is 2.19. The first-order valence-electron chi connectivity index (χ1n) is 8.24. The number of nitrogens with one attached hydrogen (secondary N) is 1. The zero-order valence-corrected chi connectivity index (χ0v) is 15.7. The molecule has 0 spiro atoms. The van der Waals surface area contributed by atoms with E-state index in [1.54, 1.807) is 17.4 Å². The number of carbonyl (C=O) groups is 1. The number of aryl methyl sites for hydroxylation is 1. The molecule has 0 bridgehead atoms. The van der Waals surface area contributed by atoms with Gasteiger partial charge in [0.2, 0.25) is 0 Å². The molecule has 8 heteroatoms. The van der Waals surface area contributed by atoms with Crippen LogP contribution in [0.2, 0.25) is 0 Å². The van der Waals surface area contributed by atoms with Crippen molar-refractivity contribution in [2.45, 2.75) is 19.9 Å². The fourth-order valence-electron chi connectivity index (χ4n) is 2.66. The monoisotopic (exact) mass is 379 g/mol. The van der Waals surface area contributed by atoms with E-state index in [-0.39, 0.29) is 17.4 Å². The minimum absolute atomic E-state index is 0.153. The summed E-state index contributed by atoms with van der Waals surface area (Å²) in [5, 5.41) is 5.79. The molecule has 1 aromatic carbocycles. The van der Waals surface area contributed by atoms with E-state index in [1.165, 1.54) is 0 Å². The van der Waals surface area contributed by atoms with Crippen molar-refractivity contribution in [2.75, 3.05) is 29.5 Å². The fourth-order valence-corrected chi connectivity index (χ4v) is 4.68. The number of sulfone groups is 1. The van der Waals surface area contributed by atoms with Gasteiger partial charge in [-0.1, -0.05) is 13.0 Å². The maximum Gasteiger partial charge on any atom is 0.251 e. The molecule has 1 aromatic heterocycles. The van der Waals surface area contributed by atoms with Crippen LogP contribution in [0.1, 0.15) is 28.0 Å². The second-order valence-corrected chi connectivity index (χ2v) is 9.20. The summed E-state index contributed by atoms with van der Waals surface area (Å²) in [6.45, 7) is 3.39. The SMILES string of the molecule is CCc1csc(CNC(=O)c2cccc(N3CCS(=O)(=O)CC3)c2)n1. The van der Waals surface area contributed by atoms with Crippen LogP contribution in [0.15, 0.2) is 29.6 Å². The summed E-state index contributed by atoms with van der Waals surface area (Å²) in [6, 6.07) is 7.31. The lowest BCUT2D eigenvalue weighted by atomic mass is 10.1. The third-order valence-electron chi connectivity index (χ3n) is 4.18. The molecule has 134 valence electrons. The standard InChI is InChI=1S/C17H21N3O3S2/c1-2-14-12-24-16(19-14)11-18-17(21)13-4-3-5-15(10-13)20-6-8-25(22,23)9-7-20/h3-5,10,12H,2,6-9,11H2,1H3,(H,18,21). The first-order valence-corrected chi connectivity index (χ1v) is 10.9. The lowest BCUT2D eigenvalue weighted by molar-refractivity contribution is 0.0951. The predicted molar refractivity (Wildman–Crippen MR) is 100.0 cm³/mol. The molecule has 1 N–H and O–H groups in total. The van der Waals surface area contributed by atoms with E-state index < -0.39 is 9.84 Å². The second-order valence-electron chi connectivity index (χ2n) is 5.96. The molecule has 0 atom stereocenters. The summed E-state index contributed by atoms with van der Waals surface area (Å²) in [5.74, 6) is 0.167. The minimum Gasteiger partial charge on any atom is -0.369 e. The third kappa shape index (κ3) is 4.58. The van der Waals surface area contributed by atoms with Crippen molar-refractivity contribution < 1.29 is 13.2 Å². The van der Waals surface area contributed by atoms with E-state index in [0.29, 0.717) is 25.2 Å². The summed E-state index contributed by atoms with van der Waals surface area (Å²) < 4.78 is 23.1. The van der Waals surface area contributed by atoms with Gasteiger partial charge >= 0.3 is 0 Å². The Morgan fingerprint density at radius 3 is 2.76 bits per heavy atom. The number of hydrogen-bond donors (Lipinski definition) is 1. The number of hydrogen-bond acceptors (Lipinski definition) is 6. The van der Waals surface area contributed by atoms with Crippen molar-refractivity contribution in [2.24, 2.45) is 0 Å². The van der Waals surface area contributed by atoms with Gasteiger partial charge in [0, 0.05) is 29.7 Å². The van der Waals surface area contributed by atoms with Gasteiger partial charge in [-0.2, -0.15) is 0 Å². The summed E-state index contributed by atoms with van der Waals surface area (Å²) in [5.41, 5.74) is 2.49. The Morgan fingerprint density at radius 2 is 2.08 bits per heavy atom. The van der Waals surface area contributed by atoms with E-state index >= 15 is 0 Å².